The fourth-order valence-corrected chi connectivity index (χ4v) is 3.46. The summed E-state index contributed by atoms with van der Waals surface area (Å²) in [4.78, 5) is 10.8. The normalized spacial score (nSPS) is 10.4. The highest BCUT2D eigenvalue weighted by Gasteiger charge is 1.96. The molecule has 0 spiro atoms. The Bertz CT molecular complexity index is 338. The van der Waals surface area contributed by atoms with Crippen molar-refractivity contribution in [2.75, 3.05) is 19.8 Å². The molecule has 4 nitrogen and oxygen atoms in total. The summed E-state index contributed by atoms with van der Waals surface area (Å²) in [6, 6.07) is 0. The van der Waals surface area contributed by atoms with Gasteiger partial charge in [0.25, 0.3) is 0 Å². The van der Waals surface area contributed by atoms with Gasteiger partial charge < -0.3 is 14.9 Å². The number of carbonyl (C=O) groups is 1. The summed E-state index contributed by atoms with van der Waals surface area (Å²) in [5.41, 5.74) is 0. The fourth-order valence-electron chi connectivity index (χ4n) is 3.46. The third-order valence-corrected chi connectivity index (χ3v) is 5.48. The molecule has 2 N–H and O–H groups in total. The van der Waals surface area contributed by atoms with Gasteiger partial charge in [-0.3, -0.25) is 0 Å². The van der Waals surface area contributed by atoms with Crippen molar-refractivity contribution < 1.29 is 19.7 Å². The van der Waals surface area contributed by atoms with E-state index < -0.39 is 0 Å². The third-order valence-electron chi connectivity index (χ3n) is 5.48. The van der Waals surface area contributed by atoms with Gasteiger partial charge in [0.1, 0.15) is 0 Å². The number of hydrogen-bond donors (Lipinski definition) is 2. The zero-order valence-corrected chi connectivity index (χ0v) is 20.8. The number of unbranched alkanes of at least 4 members (excludes halogenated alkanes) is 18. The summed E-state index contributed by atoms with van der Waals surface area (Å²) in [6.45, 7) is 6.77. The largest absolute Gasteiger partial charge is 0.463 e. The van der Waals surface area contributed by atoms with Crippen LogP contribution in [0, 0.1) is 0 Å². The van der Waals surface area contributed by atoms with Gasteiger partial charge in [0.2, 0.25) is 0 Å². The molecule has 4 heteroatoms. The molecule has 0 heterocycles. The van der Waals surface area contributed by atoms with Crippen LogP contribution in [0.15, 0.2) is 12.7 Å². The first-order valence-corrected chi connectivity index (χ1v) is 13.2. The minimum atomic E-state index is -0.300. The van der Waals surface area contributed by atoms with Crippen molar-refractivity contribution in [3.05, 3.63) is 12.7 Å². The zero-order chi connectivity index (χ0) is 23.3. The Morgan fingerprint density at radius 3 is 1.26 bits per heavy atom. The quantitative estimate of drug-likeness (QED) is 0.0976. The van der Waals surface area contributed by atoms with Crippen LogP contribution in [0.2, 0.25) is 0 Å². The van der Waals surface area contributed by atoms with E-state index in [-0.39, 0.29) is 19.2 Å². The molecule has 0 saturated heterocycles. The average molecular weight is 443 g/mol. The van der Waals surface area contributed by atoms with Crippen molar-refractivity contribution in [1.29, 1.82) is 0 Å². The molecule has 0 amide bonds. The molecular weight excluding hydrogens is 388 g/mol. The van der Waals surface area contributed by atoms with Crippen molar-refractivity contribution in [3.8, 4) is 0 Å². The van der Waals surface area contributed by atoms with Crippen molar-refractivity contribution in [2.45, 2.75) is 135 Å². The fraction of sp³-hybridized carbons (Fsp3) is 0.889. The first kappa shape index (κ1) is 32.3. The summed E-state index contributed by atoms with van der Waals surface area (Å²) in [7, 11) is 0. The highest BCUT2D eigenvalue weighted by atomic mass is 16.5. The lowest BCUT2D eigenvalue weighted by molar-refractivity contribution is -0.137. The molecule has 0 aromatic heterocycles. The Morgan fingerprint density at radius 2 is 0.935 bits per heavy atom. The Hall–Kier alpha value is -0.870. The van der Waals surface area contributed by atoms with Gasteiger partial charge in [-0.2, -0.15) is 0 Å². The Kier molecular flexibility index (Phi) is 32.6. The summed E-state index contributed by atoms with van der Waals surface area (Å²) in [6.07, 6.45) is 26.8. The minimum absolute atomic E-state index is 0.283. The summed E-state index contributed by atoms with van der Waals surface area (Å²) >= 11 is 0. The molecular formula is C27H54O4. The molecule has 0 unspecified atom stereocenters. The summed E-state index contributed by atoms with van der Waals surface area (Å²) in [5.74, 6) is -0.300. The summed E-state index contributed by atoms with van der Waals surface area (Å²) in [5, 5.41) is 16.6. The van der Waals surface area contributed by atoms with Gasteiger partial charge in [-0.25, -0.2) is 4.79 Å². The maximum atomic E-state index is 10.8. The molecule has 31 heavy (non-hydrogen) atoms. The van der Waals surface area contributed by atoms with Crippen LogP contribution in [0.3, 0.4) is 0 Å². The molecule has 0 saturated carbocycles. The highest BCUT2D eigenvalue weighted by Crippen LogP contribution is 2.13. The van der Waals surface area contributed by atoms with E-state index in [1.165, 1.54) is 102 Å². The van der Waals surface area contributed by atoms with Gasteiger partial charge in [-0.05, 0) is 19.3 Å². The van der Waals surface area contributed by atoms with Crippen LogP contribution in [-0.2, 0) is 9.53 Å². The molecule has 0 aliphatic carbocycles. The van der Waals surface area contributed by atoms with E-state index >= 15 is 0 Å². The number of ether oxygens (including phenoxy) is 1. The van der Waals surface area contributed by atoms with Gasteiger partial charge in [0, 0.05) is 19.3 Å². The Morgan fingerprint density at radius 1 is 0.613 bits per heavy atom. The predicted octanol–water partition coefficient (Wildman–Crippen LogP) is 7.51. The van der Waals surface area contributed by atoms with E-state index in [9.17, 15) is 4.79 Å². The minimum Gasteiger partial charge on any atom is -0.463 e. The van der Waals surface area contributed by atoms with Crippen molar-refractivity contribution in [3.63, 3.8) is 0 Å². The second-order valence-electron chi connectivity index (χ2n) is 8.54. The number of hydrogen-bond acceptors (Lipinski definition) is 4. The van der Waals surface area contributed by atoms with Crippen molar-refractivity contribution in [1.82, 2.24) is 0 Å². The lowest BCUT2D eigenvalue weighted by atomic mass is 10.0. The van der Waals surface area contributed by atoms with E-state index in [4.69, 9.17) is 14.9 Å². The van der Waals surface area contributed by atoms with Crippen LogP contribution in [0.25, 0.3) is 0 Å². The van der Waals surface area contributed by atoms with Gasteiger partial charge in [0.05, 0.1) is 6.61 Å². The molecule has 0 aromatic rings. The third kappa shape index (κ3) is 34.0. The second kappa shape index (κ2) is 31.3. The number of carbonyl (C=O) groups excluding carboxylic acids is 1. The topological polar surface area (TPSA) is 66.8 Å². The molecule has 0 radical (unpaired) electrons. The van der Waals surface area contributed by atoms with Gasteiger partial charge in [-0.1, -0.05) is 123 Å². The molecule has 0 aromatic carbocycles. The van der Waals surface area contributed by atoms with E-state index in [1.54, 1.807) is 0 Å². The smallest absolute Gasteiger partial charge is 0.330 e. The Balaban J connectivity index is 0. The van der Waals surface area contributed by atoms with Crippen LogP contribution in [0.5, 0.6) is 0 Å². The SMILES string of the molecule is C=CC(=O)OCCCCCCCCCCCCCCCCCC.OCCCCCCO. The number of rotatable bonds is 23. The number of esters is 1. The lowest BCUT2D eigenvalue weighted by Crippen LogP contribution is -2.01. The molecule has 0 aliphatic heterocycles. The van der Waals surface area contributed by atoms with Crippen molar-refractivity contribution in [2.24, 2.45) is 0 Å². The van der Waals surface area contributed by atoms with Gasteiger partial charge >= 0.3 is 5.97 Å². The highest BCUT2D eigenvalue weighted by molar-refractivity contribution is 5.81. The van der Waals surface area contributed by atoms with Crippen molar-refractivity contribution >= 4 is 5.97 Å². The number of aliphatic hydroxyl groups excluding tert-OH is 2. The maximum Gasteiger partial charge on any atom is 0.330 e. The second-order valence-corrected chi connectivity index (χ2v) is 8.54. The first-order chi connectivity index (χ1) is 15.2. The Labute approximate surface area is 193 Å². The first-order valence-electron chi connectivity index (χ1n) is 13.2. The predicted molar refractivity (Wildman–Crippen MR) is 133 cm³/mol. The van der Waals surface area contributed by atoms with Gasteiger partial charge in [0.15, 0.2) is 0 Å². The standard InChI is InChI=1S/C21H40O2.C6H14O2/c1-3-5-6-7-8-9-10-11-12-13-14-15-16-17-18-19-20-23-21(22)4-2;7-5-3-1-2-4-6-8/h4H,2-3,5-20H2,1H3;7-8H,1-6H2. The molecule has 0 fully saturated rings. The molecule has 0 rings (SSSR count). The molecule has 0 bridgehead atoms. The van der Waals surface area contributed by atoms with Crippen LogP contribution in [0.1, 0.15) is 135 Å². The monoisotopic (exact) mass is 442 g/mol. The van der Waals surface area contributed by atoms with Gasteiger partial charge in [-0.15, -0.1) is 0 Å². The molecule has 0 atom stereocenters. The van der Waals surface area contributed by atoms with E-state index in [0.29, 0.717) is 6.61 Å². The van der Waals surface area contributed by atoms with Crippen LogP contribution >= 0.6 is 0 Å². The molecule has 186 valence electrons. The summed E-state index contributed by atoms with van der Waals surface area (Å²) < 4.78 is 4.95. The van der Waals surface area contributed by atoms with E-state index in [2.05, 4.69) is 13.5 Å². The van der Waals surface area contributed by atoms with Crippen LogP contribution in [0.4, 0.5) is 0 Å². The lowest BCUT2D eigenvalue weighted by Gasteiger charge is -2.04. The number of aliphatic hydroxyl groups is 2. The zero-order valence-electron chi connectivity index (χ0n) is 20.8. The van der Waals surface area contributed by atoms with Crippen LogP contribution < -0.4 is 0 Å². The maximum absolute atomic E-state index is 10.8. The van der Waals surface area contributed by atoms with Crippen LogP contribution in [-0.4, -0.2) is 36.0 Å². The van der Waals surface area contributed by atoms with E-state index in [0.717, 1.165) is 32.1 Å². The molecule has 0 aliphatic rings. The van der Waals surface area contributed by atoms with E-state index in [1.807, 2.05) is 0 Å². The average Bonchev–Trinajstić information content (AvgIpc) is 2.79.